The third-order valence-corrected chi connectivity index (χ3v) is 5.20. The molecule has 7 nitrogen and oxygen atoms in total. The van der Waals surface area contributed by atoms with Crippen LogP contribution in [0.1, 0.15) is 6.42 Å². The van der Waals surface area contributed by atoms with Crippen LogP contribution in [0.25, 0.3) is 11.1 Å². The Kier molecular flexibility index (Phi) is 9.96. The maximum atomic E-state index is 11.3. The van der Waals surface area contributed by atoms with Crippen LogP contribution in [0.3, 0.4) is 0 Å². The van der Waals surface area contributed by atoms with E-state index in [-0.39, 0.29) is 13.2 Å². The summed E-state index contributed by atoms with van der Waals surface area (Å²) >= 11 is 18.3. The van der Waals surface area contributed by atoms with Crippen molar-refractivity contribution in [3.63, 3.8) is 0 Å². The number of nitrogens with one attached hydrogen (secondary N) is 1. The Labute approximate surface area is 202 Å². The van der Waals surface area contributed by atoms with Gasteiger partial charge in [0.15, 0.2) is 5.75 Å². The highest BCUT2D eigenvalue weighted by atomic mass is 35.5. The fourth-order valence-electron chi connectivity index (χ4n) is 2.41. The molecule has 0 atom stereocenters. The molecule has 1 amide bonds. The normalized spacial score (nSPS) is 11.0. The lowest BCUT2D eigenvalue weighted by molar-refractivity contribution is 0.159. The third kappa shape index (κ3) is 8.78. The van der Waals surface area contributed by atoms with Gasteiger partial charge in [-0.1, -0.05) is 41.9 Å². The predicted molar refractivity (Wildman–Crippen MR) is 127 cm³/mol. The molecule has 2 rings (SSSR count). The summed E-state index contributed by atoms with van der Waals surface area (Å²) in [5, 5.41) is 0.803. The summed E-state index contributed by atoms with van der Waals surface area (Å²) in [4.78, 5) is 11.3. The van der Waals surface area contributed by atoms with Crippen LogP contribution in [-0.4, -0.2) is 46.5 Å². The average Bonchev–Trinajstić information content (AvgIpc) is 2.72. The van der Waals surface area contributed by atoms with Crippen LogP contribution in [-0.2, 0) is 14.8 Å². The number of halogens is 3. The average molecular weight is 523 g/mol. The topological polar surface area (TPSA) is 90.9 Å². The van der Waals surface area contributed by atoms with Crippen molar-refractivity contribution >= 4 is 50.9 Å². The van der Waals surface area contributed by atoms with Crippen LogP contribution >= 0.6 is 34.8 Å². The summed E-state index contributed by atoms with van der Waals surface area (Å²) in [5.74, 6) is 1.47. The highest BCUT2D eigenvalue weighted by Gasteiger charge is 2.12. The Bertz CT molecular complexity index is 1030. The molecule has 0 fully saturated rings. The quantitative estimate of drug-likeness (QED) is 0.245. The van der Waals surface area contributed by atoms with E-state index >= 15 is 0 Å². The van der Waals surface area contributed by atoms with Crippen molar-refractivity contribution in [3.8, 4) is 22.6 Å². The standard InChI is InChI=1S/C21H22Cl3NO6S/c1-14(13-31-21(26)25-32(2,27)28)12-30-17-6-4-15(5-7-17)16-10-18(23)20(19(24)11-16)29-9-3-8-22/h4-7,10-11H,1,3,8-9,12-13H2,2H3,(H,25,26). The van der Waals surface area contributed by atoms with Crippen molar-refractivity contribution in [2.75, 3.05) is 32.0 Å². The van der Waals surface area contributed by atoms with Crippen molar-refractivity contribution in [2.45, 2.75) is 6.42 Å². The number of benzene rings is 2. The molecule has 2 aromatic carbocycles. The van der Waals surface area contributed by atoms with E-state index in [0.717, 1.165) is 17.4 Å². The van der Waals surface area contributed by atoms with Crippen LogP contribution in [0.2, 0.25) is 10.0 Å². The number of alkyl halides is 1. The third-order valence-electron chi connectivity index (χ3n) is 3.83. The van der Waals surface area contributed by atoms with Crippen LogP contribution in [0, 0.1) is 0 Å². The summed E-state index contributed by atoms with van der Waals surface area (Å²) in [6, 6.07) is 10.7. The van der Waals surface area contributed by atoms with Crippen molar-refractivity contribution in [1.29, 1.82) is 0 Å². The van der Waals surface area contributed by atoms with E-state index in [1.807, 2.05) is 12.1 Å². The Hall–Kier alpha value is -2.13. The molecule has 0 aliphatic heterocycles. The Morgan fingerprint density at radius 3 is 2.22 bits per heavy atom. The van der Waals surface area contributed by atoms with Crippen molar-refractivity contribution in [1.82, 2.24) is 4.72 Å². The second kappa shape index (κ2) is 12.2. The molecular weight excluding hydrogens is 501 g/mol. The fourth-order valence-corrected chi connectivity index (χ4v) is 3.48. The van der Waals surface area contributed by atoms with Crippen LogP contribution < -0.4 is 14.2 Å². The monoisotopic (exact) mass is 521 g/mol. The molecule has 0 saturated heterocycles. The number of ether oxygens (including phenoxy) is 3. The molecule has 0 saturated carbocycles. The molecule has 2 aromatic rings. The van der Waals surface area contributed by atoms with Gasteiger partial charge in [-0.05, 0) is 47.4 Å². The van der Waals surface area contributed by atoms with Gasteiger partial charge in [0, 0.05) is 5.88 Å². The first-order valence-corrected chi connectivity index (χ1v) is 12.5. The molecule has 0 unspecified atom stereocenters. The second-order valence-corrected chi connectivity index (χ2v) is 9.61. The van der Waals surface area contributed by atoms with Crippen LogP contribution in [0.15, 0.2) is 48.6 Å². The van der Waals surface area contributed by atoms with E-state index in [1.54, 1.807) is 29.0 Å². The highest BCUT2D eigenvalue weighted by molar-refractivity contribution is 7.89. The zero-order chi connectivity index (χ0) is 23.7. The molecule has 1 N–H and O–H groups in total. The smallest absolute Gasteiger partial charge is 0.421 e. The second-order valence-electron chi connectivity index (χ2n) is 6.67. The van der Waals surface area contributed by atoms with E-state index in [4.69, 9.17) is 49.0 Å². The Balaban J connectivity index is 1.91. The van der Waals surface area contributed by atoms with Crippen molar-refractivity contribution in [2.24, 2.45) is 0 Å². The molecule has 0 bridgehead atoms. The molecule has 0 aliphatic rings. The van der Waals surface area contributed by atoms with Crippen molar-refractivity contribution in [3.05, 3.63) is 58.6 Å². The minimum atomic E-state index is -3.68. The largest absolute Gasteiger partial charge is 0.490 e. The van der Waals surface area contributed by atoms with Gasteiger partial charge in [0.05, 0.1) is 22.9 Å². The molecule has 32 heavy (non-hydrogen) atoms. The van der Waals surface area contributed by atoms with E-state index in [0.29, 0.717) is 46.0 Å². The lowest BCUT2D eigenvalue weighted by Gasteiger charge is -2.12. The first kappa shape index (κ1) is 26.1. The van der Waals surface area contributed by atoms with E-state index in [9.17, 15) is 13.2 Å². The molecule has 11 heteroatoms. The minimum Gasteiger partial charge on any atom is -0.490 e. The van der Waals surface area contributed by atoms with Gasteiger partial charge in [0.25, 0.3) is 0 Å². The molecular formula is C21H22Cl3NO6S. The number of hydrogen-bond donors (Lipinski definition) is 1. The zero-order valence-electron chi connectivity index (χ0n) is 17.2. The summed E-state index contributed by atoms with van der Waals surface area (Å²) in [6.07, 6.45) is 0.457. The predicted octanol–water partition coefficient (Wildman–Crippen LogP) is 5.29. The fraction of sp³-hybridized carbons (Fsp3) is 0.286. The van der Waals surface area contributed by atoms with E-state index in [1.165, 1.54) is 0 Å². The van der Waals surface area contributed by atoms with Gasteiger partial charge in [0.1, 0.15) is 19.0 Å². The van der Waals surface area contributed by atoms with Gasteiger partial charge in [0.2, 0.25) is 10.0 Å². The van der Waals surface area contributed by atoms with E-state index in [2.05, 4.69) is 6.58 Å². The Morgan fingerprint density at radius 1 is 1.03 bits per heavy atom. The van der Waals surface area contributed by atoms with Gasteiger partial charge < -0.3 is 14.2 Å². The highest BCUT2D eigenvalue weighted by Crippen LogP contribution is 2.38. The van der Waals surface area contributed by atoms with Gasteiger partial charge in [-0.25, -0.2) is 17.9 Å². The number of hydrogen-bond acceptors (Lipinski definition) is 6. The summed E-state index contributed by atoms with van der Waals surface area (Å²) < 4.78 is 39.5. The molecule has 0 aliphatic carbocycles. The Morgan fingerprint density at radius 2 is 1.66 bits per heavy atom. The van der Waals surface area contributed by atoms with Gasteiger partial charge in [-0.3, -0.25) is 0 Å². The number of carbonyl (C=O) groups excluding carboxylic acids is 1. The molecule has 0 spiro atoms. The van der Waals surface area contributed by atoms with Gasteiger partial charge in [-0.15, -0.1) is 11.6 Å². The summed E-state index contributed by atoms with van der Waals surface area (Å²) in [5.41, 5.74) is 2.13. The first-order chi connectivity index (χ1) is 15.1. The molecule has 0 heterocycles. The number of amides is 1. The minimum absolute atomic E-state index is 0.0808. The maximum absolute atomic E-state index is 11.3. The lowest BCUT2D eigenvalue weighted by atomic mass is 10.1. The number of sulfonamides is 1. The zero-order valence-corrected chi connectivity index (χ0v) is 20.3. The van der Waals surface area contributed by atoms with Crippen LogP contribution in [0.5, 0.6) is 11.5 Å². The summed E-state index contributed by atoms with van der Waals surface area (Å²) in [7, 11) is -3.68. The maximum Gasteiger partial charge on any atom is 0.421 e. The van der Waals surface area contributed by atoms with E-state index < -0.39 is 16.1 Å². The molecule has 0 radical (unpaired) electrons. The first-order valence-electron chi connectivity index (χ1n) is 9.31. The van der Waals surface area contributed by atoms with Gasteiger partial charge >= 0.3 is 6.09 Å². The number of carbonyl (C=O) groups is 1. The van der Waals surface area contributed by atoms with Gasteiger partial charge in [-0.2, -0.15) is 0 Å². The SMILES string of the molecule is C=C(COC(=O)NS(C)(=O)=O)COc1ccc(-c2cc(Cl)c(OCCCCl)c(Cl)c2)cc1. The molecule has 174 valence electrons. The number of rotatable bonds is 11. The molecule has 0 aromatic heterocycles. The summed E-state index contributed by atoms with van der Waals surface area (Å²) in [6.45, 7) is 4.05. The van der Waals surface area contributed by atoms with Crippen molar-refractivity contribution < 1.29 is 27.4 Å². The lowest BCUT2D eigenvalue weighted by Crippen LogP contribution is -2.30. The van der Waals surface area contributed by atoms with Crippen LogP contribution in [0.4, 0.5) is 4.79 Å².